The van der Waals surface area contributed by atoms with E-state index < -0.39 is 0 Å². The van der Waals surface area contributed by atoms with Crippen LogP contribution in [0.4, 0.5) is 5.69 Å². The molecule has 3 N–H and O–H groups in total. The van der Waals surface area contributed by atoms with Crippen LogP contribution >= 0.6 is 0 Å². The van der Waals surface area contributed by atoms with Crippen molar-refractivity contribution in [3.8, 4) is 11.1 Å². The second-order valence-corrected chi connectivity index (χ2v) is 6.87. The van der Waals surface area contributed by atoms with Gasteiger partial charge in [0, 0.05) is 17.3 Å². The number of carbonyl (C=O) groups is 2. The van der Waals surface area contributed by atoms with E-state index in [0.29, 0.717) is 0 Å². The number of para-hydroxylation sites is 1. The summed E-state index contributed by atoms with van der Waals surface area (Å²) in [4.78, 5) is 25.4. The average Bonchev–Trinajstić information content (AvgIpc) is 2.61. The van der Waals surface area contributed by atoms with Crippen molar-refractivity contribution in [2.75, 3.05) is 18.9 Å². The van der Waals surface area contributed by atoms with Gasteiger partial charge < -0.3 is 15.5 Å². The minimum Gasteiger partial charge on any atom is -0.349 e. The van der Waals surface area contributed by atoms with Gasteiger partial charge in [0.25, 0.3) is 11.8 Å². The molecule has 0 saturated heterocycles. The molecule has 0 fully saturated rings. The second-order valence-electron chi connectivity index (χ2n) is 6.87. The van der Waals surface area contributed by atoms with E-state index in [4.69, 9.17) is 0 Å². The minimum absolute atomic E-state index is 0.0539. The molecule has 1 unspecified atom stereocenters. The van der Waals surface area contributed by atoms with Crippen LogP contribution in [0.2, 0.25) is 0 Å². The molecule has 0 aliphatic heterocycles. The lowest BCUT2D eigenvalue weighted by Crippen LogP contribution is -3.15. The van der Waals surface area contributed by atoms with E-state index in [1.165, 1.54) is 0 Å². The topological polar surface area (TPSA) is 62.6 Å². The van der Waals surface area contributed by atoms with Crippen molar-refractivity contribution in [2.45, 2.75) is 32.9 Å². The number of benzene rings is 2. The maximum absolute atomic E-state index is 12.7. The average molecular weight is 354 g/mol. The molecule has 0 heterocycles. The Labute approximate surface area is 155 Å². The summed E-state index contributed by atoms with van der Waals surface area (Å²) in [5.74, 6) is -0.162. The fraction of sp³-hybridized carbons (Fsp3) is 0.333. The fourth-order valence-electron chi connectivity index (χ4n) is 2.71. The van der Waals surface area contributed by atoms with Crippen LogP contribution in [-0.2, 0) is 9.59 Å². The van der Waals surface area contributed by atoms with Gasteiger partial charge in [-0.05, 0) is 32.4 Å². The van der Waals surface area contributed by atoms with Gasteiger partial charge >= 0.3 is 0 Å². The van der Waals surface area contributed by atoms with Gasteiger partial charge in [-0.1, -0.05) is 48.5 Å². The van der Waals surface area contributed by atoms with E-state index in [0.717, 1.165) is 21.7 Å². The summed E-state index contributed by atoms with van der Waals surface area (Å²) in [5, 5.41) is 5.87. The van der Waals surface area contributed by atoms with E-state index in [2.05, 4.69) is 10.6 Å². The van der Waals surface area contributed by atoms with Gasteiger partial charge in [-0.15, -0.1) is 0 Å². The van der Waals surface area contributed by atoms with Gasteiger partial charge in [-0.3, -0.25) is 9.59 Å². The molecular formula is C21H28N3O2+. The zero-order valence-electron chi connectivity index (χ0n) is 15.9. The molecule has 0 saturated carbocycles. The standard InChI is InChI=1S/C21H27N3O2/c1-15(2)22-20(25)14-24(4)16(3)21(26)23-19-13-9-8-12-18(19)17-10-6-5-7-11-17/h5-13,15-16H,14H2,1-4H3,(H,22,25)(H,23,26)/p+1/t16-/m1/s1. The second kappa shape index (κ2) is 9.15. The van der Waals surface area contributed by atoms with E-state index in [9.17, 15) is 9.59 Å². The minimum atomic E-state index is -0.350. The maximum atomic E-state index is 12.7. The SMILES string of the molecule is CC(C)NC(=O)C[NH+](C)[C@H](C)C(=O)Nc1ccccc1-c1ccccc1. The molecule has 0 aliphatic carbocycles. The Hall–Kier alpha value is -2.66. The van der Waals surface area contributed by atoms with Gasteiger partial charge in [-0.2, -0.15) is 0 Å². The number of carbonyl (C=O) groups excluding carboxylic acids is 2. The zero-order chi connectivity index (χ0) is 19.1. The quantitative estimate of drug-likeness (QED) is 0.709. The van der Waals surface area contributed by atoms with E-state index in [1.54, 1.807) is 0 Å². The van der Waals surface area contributed by atoms with Crippen molar-refractivity contribution in [3.63, 3.8) is 0 Å². The Morgan fingerprint density at radius 3 is 2.23 bits per heavy atom. The lowest BCUT2D eigenvalue weighted by atomic mass is 10.0. The van der Waals surface area contributed by atoms with Crippen LogP contribution in [0.25, 0.3) is 11.1 Å². The van der Waals surface area contributed by atoms with Crippen LogP contribution in [0.5, 0.6) is 0 Å². The normalized spacial score (nSPS) is 13.1. The Balaban J connectivity index is 2.07. The molecule has 0 bridgehead atoms. The summed E-state index contributed by atoms with van der Waals surface area (Å²) in [6.45, 7) is 5.93. The summed E-state index contributed by atoms with van der Waals surface area (Å²) in [5.41, 5.74) is 2.80. The summed E-state index contributed by atoms with van der Waals surface area (Å²) < 4.78 is 0. The third kappa shape index (κ3) is 5.43. The molecule has 0 radical (unpaired) electrons. The highest BCUT2D eigenvalue weighted by Gasteiger charge is 2.24. The number of quaternary nitrogens is 1. The van der Waals surface area contributed by atoms with Gasteiger partial charge in [0.2, 0.25) is 0 Å². The third-order valence-electron chi connectivity index (χ3n) is 4.29. The Bertz CT molecular complexity index is 744. The molecular weight excluding hydrogens is 326 g/mol. The number of amides is 2. The Morgan fingerprint density at radius 2 is 1.58 bits per heavy atom. The van der Waals surface area contributed by atoms with Gasteiger partial charge in [-0.25, -0.2) is 0 Å². The maximum Gasteiger partial charge on any atom is 0.282 e. The Morgan fingerprint density at radius 1 is 0.962 bits per heavy atom. The molecule has 0 aromatic heterocycles. The molecule has 26 heavy (non-hydrogen) atoms. The lowest BCUT2D eigenvalue weighted by Gasteiger charge is -2.22. The number of likely N-dealkylation sites (N-methyl/N-ethyl adjacent to an activating group) is 1. The summed E-state index contributed by atoms with van der Waals surface area (Å²) >= 11 is 0. The lowest BCUT2D eigenvalue weighted by molar-refractivity contribution is -0.885. The van der Waals surface area contributed by atoms with Crippen molar-refractivity contribution in [2.24, 2.45) is 0 Å². The van der Waals surface area contributed by atoms with Crippen LogP contribution in [0.3, 0.4) is 0 Å². The first kappa shape index (κ1) is 19.7. The van der Waals surface area contributed by atoms with Gasteiger partial charge in [0.1, 0.15) is 0 Å². The van der Waals surface area contributed by atoms with Crippen LogP contribution in [0.1, 0.15) is 20.8 Å². The predicted molar refractivity (Wildman–Crippen MR) is 105 cm³/mol. The van der Waals surface area contributed by atoms with E-state index in [-0.39, 0.29) is 30.4 Å². The molecule has 2 aromatic rings. The predicted octanol–water partition coefficient (Wildman–Crippen LogP) is 1.72. The molecule has 5 nitrogen and oxygen atoms in total. The summed E-state index contributed by atoms with van der Waals surface area (Å²) in [6, 6.07) is 17.4. The van der Waals surface area contributed by atoms with Crippen molar-refractivity contribution in [1.29, 1.82) is 0 Å². The first-order valence-electron chi connectivity index (χ1n) is 8.95. The van der Waals surface area contributed by atoms with Crippen molar-refractivity contribution < 1.29 is 14.5 Å². The molecule has 138 valence electrons. The van der Waals surface area contributed by atoms with Crippen LogP contribution in [0.15, 0.2) is 54.6 Å². The highest BCUT2D eigenvalue weighted by Crippen LogP contribution is 2.27. The number of nitrogens with one attached hydrogen (secondary N) is 3. The van der Waals surface area contributed by atoms with Gasteiger partial charge in [0.05, 0.1) is 7.05 Å². The van der Waals surface area contributed by atoms with Gasteiger partial charge in [0.15, 0.2) is 12.6 Å². The van der Waals surface area contributed by atoms with Crippen LogP contribution < -0.4 is 15.5 Å². The Kier molecular flexibility index (Phi) is 6.92. The first-order chi connectivity index (χ1) is 12.4. The first-order valence-corrected chi connectivity index (χ1v) is 8.95. The summed E-state index contributed by atoms with van der Waals surface area (Å²) in [7, 11) is 1.85. The smallest absolute Gasteiger partial charge is 0.282 e. The number of anilines is 1. The van der Waals surface area contributed by atoms with Crippen molar-refractivity contribution in [1.82, 2.24) is 5.32 Å². The highest BCUT2D eigenvalue weighted by atomic mass is 16.2. The molecule has 5 heteroatoms. The molecule has 2 atom stereocenters. The van der Waals surface area contributed by atoms with Crippen LogP contribution in [0, 0.1) is 0 Å². The molecule has 2 rings (SSSR count). The molecule has 0 aliphatic rings. The number of hydrogen-bond donors (Lipinski definition) is 3. The van der Waals surface area contributed by atoms with Crippen LogP contribution in [-0.4, -0.2) is 37.5 Å². The van der Waals surface area contributed by atoms with Crippen molar-refractivity contribution in [3.05, 3.63) is 54.6 Å². The van der Waals surface area contributed by atoms with Crippen molar-refractivity contribution >= 4 is 17.5 Å². The zero-order valence-corrected chi connectivity index (χ0v) is 15.9. The molecule has 0 spiro atoms. The molecule has 2 amide bonds. The van der Waals surface area contributed by atoms with E-state index >= 15 is 0 Å². The van der Waals surface area contributed by atoms with E-state index in [1.807, 2.05) is 82.4 Å². The highest BCUT2D eigenvalue weighted by molar-refractivity contribution is 5.97. The third-order valence-corrected chi connectivity index (χ3v) is 4.29. The number of hydrogen-bond acceptors (Lipinski definition) is 2. The fourth-order valence-corrected chi connectivity index (χ4v) is 2.71. The molecule has 2 aromatic carbocycles. The summed E-state index contributed by atoms with van der Waals surface area (Å²) in [6.07, 6.45) is 0. The number of rotatable bonds is 7. The monoisotopic (exact) mass is 354 g/mol. The largest absolute Gasteiger partial charge is 0.349 e.